The van der Waals surface area contributed by atoms with Gasteiger partial charge in [0.25, 0.3) is 0 Å². The summed E-state index contributed by atoms with van der Waals surface area (Å²) >= 11 is 0. The van der Waals surface area contributed by atoms with Crippen LogP contribution in [0.5, 0.6) is 5.88 Å². The summed E-state index contributed by atoms with van der Waals surface area (Å²) in [5, 5.41) is 4.05. The lowest BCUT2D eigenvalue weighted by Gasteiger charge is -2.23. The molecular formula is C22H21N5O3. The number of nitrogens with one attached hydrogen (secondary N) is 1. The molecule has 5 rings (SSSR count). The van der Waals surface area contributed by atoms with Gasteiger partial charge in [-0.05, 0) is 44.0 Å². The number of carbonyl (C=O) groups is 1. The number of benzene rings is 1. The van der Waals surface area contributed by atoms with Crippen molar-refractivity contribution in [2.24, 2.45) is 0 Å². The molecule has 0 spiro atoms. The molecule has 1 aliphatic heterocycles. The number of aryl methyl sites for hydroxylation is 2. The summed E-state index contributed by atoms with van der Waals surface area (Å²) < 4.78 is 10.4. The van der Waals surface area contributed by atoms with Gasteiger partial charge < -0.3 is 19.1 Å². The van der Waals surface area contributed by atoms with E-state index in [4.69, 9.17) is 14.2 Å². The van der Waals surface area contributed by atoms with Crippen LogP contribution in [0.3, 0.4) is 0 Å². The average molecular weight is 403 g/mol. The van der Waals surface area contributed by atoms with Gasteiger partial charge in [-0.2, -0.15) is 0 Å². The second kappa shape index (κ2) is 6.98. The van der Waals surface area contributed by atoms with E-state index in [0.717, 1.165) is 45.1 Å². The third-order valence-corrected chi connectivity index (χ3v) is 5.56. The largest absolute Gasteiger partial charge is 0.481 e. The van der Waals surface area contributed by atoms with Crippen molar-refractivity contribution in [3.8, 4) is 17.0 Å². The summed E-state index contributed by atoms with van der Waals surface area (Å²) in [6.45, 7) is 3.84. The zero-order chi connectivity index (χ0) is 20.8. The smallest absolute Gasteiger partial charge is 0.227 e. The molecule has 0 bridgehead atoms. The van der Waals surface area contributed by atoms with Crippen LogP contribution in [0.1, 0.15) is 36.2 Å². The van der Waals surface area contributed by atoms with Crippen molar-refractivity contribution in [3.63, 3.8) is 0 Å². The molecule has 1 amide bonds. The quantitative estimate of drug-likeness (QED) is 0.551. The van der Waals surface area contributed by atoms with Crippen molar-refractivity contribution in [1.29, 1.82) is 0 Å². The number of pyridine rings is 1. The first kappa shape index (κ1) is 18.4. The van der Waals surface area contributed by atoms with Crippen LogP contribution in [0.4, 0.5) is 5.69 Å². The summed E-state index contributed by atoms with van der Waals surface area (Å²) in [4.78, 5) is 26.8. The molecule has 1 aliphatic rings. The molecule has 30 heavy (non-hydrogen) atoms. The Hall–Kier alpha value is -3.68. The minimum absolute atomic E-state index is 0.0591. The minimum atomic E-state index is -0.164. The van der Waals surface area contributed by atoms with E-state index in [1.165, 1.54) is 0 Å². The third-order valence-electron chi connectivity index (χ3n) is 5.56. The van der Waals surface area contributed by atoms with Gasteiger partial charge in [0.1, 0.15) is 11.6 Å². The van der Waals surface area contributed by atoms with E-state index in [1.807, 2.05) is 32.0 Å². The molecule has 1 N–H and O–H groups in total. The highest BCUT2D eigenvalue weighted by Crippen LogP contribution is 2.37. The number of fused-ring (bicyclic) bond motifs is 1. The van der Waals surface area contributed by atoms with Gasteiger partial charge in [-0.25, -0.2) is 9.97 Å². The van der Waals surface area contributed by atoms with Gasteiger partial charge in [0.05, 0.1) is 41.8 Å². The van der Waals surface area contributed by atoms with Crippen LogP contribution in [-0.4, -0.2) is 33.1 Å². The van der Waals surface area contributed by atoms with Crippen LogP contribution < -0.4 is 9.64 Å². The lowest BCUT2D eigenvalue weighted by atomic mass is 10.0. The number of aromatic amines is 1. The first-order valence-corrected chi connectivity index (χ1v) is 9.80. The van der Waals surface area contributed by atoms with Crippen molar-refractivity contribution in [1.82, 2.24) is 20.1 Å². The second-order valence-corrected chi connectivity index (χ2v) is 7.43. The van der Waals surface area contributed by atoms with Gasteiger partial charge in [-0.1, -0.05) is 11.2 Å². The Balaban J connectivity index is 1.52. The van der Waals surface area contributed by atoms with Crippen molar-refractivity contribution < 1.29 is 14.1 Å². The fourth-order valence-electron chi connectivity index (χ4n) is 4.14. The zero-order valence-electron chi connectivity index (χ0n) is 17.0. The average Bonchev–Trinajstić information content (AvgIpc) is 3.44. The molecule has 3 aromatic heterocycles. The lowest BCUT2D eigenvalue weighted by molar-refractivity contribution is -0.117. The predicted octanol–water partition coefficient (Wildman–Crippen LogP) is 4.11. The highest BCUT2D eigenvalue weighted by molar-refractivity contribution is 5.96. The molecule has 1 fully saturated rings. The molecule has 0 saturated carbocycles. The van der Waals surface area contributed by atoms with Gasteiger partial charge in [0.15, 0.2) is 0 Å². The normalized spacial score (nSPS) is 16.6. The van der Waals surface area contributed by atoms with Crippen LogP contribution >= 0.6 is 0 Å². The number of imidazole rings is 1. The molecule has 4 aromatic rings. The third kappa shape index (κ3) is 2.92. The first-order valence-electron chi connectivity index (χ1n) is 9.80. The Bertz CT molecular complexity index is 1220. The summed E-state index contributed by atoms with van der Waals surface area (Å²) in [5.74, 6) is 2.12. The lowest BCUT2D eigenvalue weighted by Crippen LogP contribution is -2.28. The van der Waals surface area contributed by atoms with Crippen LogP contribution in [0.25, 0.3) is 22.2 Å². The minimum Gasteiger partial charge on any atom is -0.481 e. The Morgan fingerprint density at radius 2 is 2.10 bits per heavy atom. The highest BCUT2D eigenvalue weighted by Gasteiger charge is 2.35. The Morgan fingerprint density at radius 3 is 2.80 bits per heavy atom. The SMILES string of the molecule is COc1ccc(N2C(=O)CC[C@H]2c2nc3ccc(-c4c(C)noc4C)cc3[nH]2)cn1. The number of ether oxygens (including phenoxy) is 1. The van der Waals surface area contributed by atoms with Crippen molar-refractivity contribution in [3.05, 3.63) is 53.8 Å². The highest BCUT2D eigenvalue weighted by atomic mass is 16.5. The van der Waals surface area contributed by atoms with Gasteiger partial charge in [0, 0.05) is 18.1 Å². The van der Waals surface area contributed by atoms with Crippen LogP contribution in [0.15, 0.2) is 41.1 Å². The molecule has 0 aliphatic carbocycles. The molecule has 1 aromatic carbocycles. The number of nitrogens with zero attached hydrogens (tertiary/aromatic N) is 4. The van der Waals surface area contributed by atoms with Gasteiger partial charge in [0.2, 0.25) is 11.8 Å². The number of methoxy groups -OCH3 is 1. The molecule has 1 atom stereocenters. The number of carbonyl (C=O) groups excluding carboxylic acids is 1. The number of amides is 1. The van der Waals surface area contributed by atoms with Gasteiger partial charge in [-0.3, -0.25) is 4.79 Å². The summed E-state index contributed by atoms with van der Waals surface area (Å²) in [5.41, 5.74) is 5.37. The van der Waals surface area contributed by atoms with Gasteiger partial charge in [-0.15, -0.1) is 0 Å². The van der Waals surface area contributed by atoms with Crippen LogP contribution in [0, 0.1) is 13.8 Å². The molecular weight excluding hydrogens is 382 g/mol. The maximum Gasteiger partial charge on any atom is 0.227 e. The summed E-state index contributed by atoms with van der Waals surface area (Å²) in [6, 6.07) is 9.49. The van der Waals surface area contributed by atoms with Gasteiger partial charge >= 0.3 is 0 Å². The van der Waals surface area contributed by atoms with E-state index in [2.05, 4.69) is 21.2 Å². The molecule has 1 saturated heterocycles. The van der Waals surface area contributed by atoms with E-state index in [0.29, 0.717) is 18.7 Å². The maximum atomic E-state index is 12.6. The van der Waals surface area contributed by atoms with E-state index >= 15 is 0 Å². The molecule has 152 valence electrons. The summed E-state index contributed by atoms with van der Waals surface area (Å²) in [6.07, 6.45) is 2.83. The Morgan fingerprint density at radius 1 is 1.23 bits per heavy atom. The standard InChI is InChI=1S/C22H21N5O3/c1-12-21(13(2)30-26-12)14-4-6-16-17(10-14)25-22(24-16)18-7-9-20(28)27(18)15-5-8-19(29-3)23-11-15/h4-6,8,10-11,18H,7,9H2,1-3H3,(H,24,25)/t18-/m0/s1. The zero-order valence-corrected chi connectivity index (χ0v) is 17.0. The fraction of sp³-hybridized carbons (Fsp3) is 0.273. The Kier molecular flexibility index (Phi) is 4.27. The van der Waals surface area contributed by atoms with Crippen molar-refractivity contribution in [2.45, 2.75) is 32.7 Å². The van der Waals surface area contributed by atoms with Crippen molar-refractivity contribution >= 4 is 22.6 Å². The first-order chi connectivity index (χ1) is 14.5. The van der Waals surface area contributed by atoms with E-state index in [-0.39, 0.29) is 11.9 Å². The second-order valence-electron chi connectivity index (χ2n) is 7.43. The number of anilines is 1. The van der Waals surface area contributed by atoms with E-state index in [9.17, 15) is 4.79 Å². The number of aromatic nitrogens is 4. The molecule has 0 radical (unpaired) electrons. The summed E-state index contributed by atoms with van der Waals surface area (Å²) in [7, 11) is 1.57. The fourth-order valence-corrected chi connectivity index (χ4v) is 4.14. The topological polar surface area (TPSA) is 97.1 Å². The molecule has 4 heterocycles. The monoisotopic (exact) mass is 403 g/mol. The number of hydrogen-bond donors (Lipinski definition) is 1. The molecule has 8 nitrogen and oxygen atoms in total. The molecule has 8 heteroatoms. The Labute approximate surface area is 172 Å². The number of hydrogen-bond acceptors (Lipinski definition) is 6. The van der Waals surface area contributed by atoms with E-state index < -0.39 is 0 Å². The predicted molar refractivity (Wildman–Crippen MR) is 111 cm³/mol. The van der Waals surface area contributed by atoms with Crippen LogP contribution in [-0.2, 0) is 4.79 Å². The van der Waals surface area contributed by atoms with Crippen LogP contribution in [0.2, 0.25) is 0 Å². The number of rotatable bonds is 4. The number of H-pyrrole nitrogens is 1. The maximum absolute atomic E-state index is 12.6. The molecule has 0 unspecified atom stereocenters. The van der Waals surface area contributed by atoms with E-state index in [1.54, 1.807) is 24.3 Å². The van der Waals surface area contributed by atoms with Crippen molar-refractivity contribution in [2.75, 3.05) is 12.0 Å².